The van der Waals surface area contributed by atoms with Crippen LogP contribution < -0.4 is 5.73 Å². The predicted molar refractivity (Wildman–Crippen MR) is 58.3 cm³/mol. The summed E-state index contributed by atoms with van der Waals surface area (Å²) in [7, 11) is 2.87. The van der Waals surface area contributed by atoms with E-state index in [1.165, 1.54) is 25.4 Å². The Hall–Kier alpha value is 0.390. The smallest absolute Gasteiger partial charge is 0.00492 e. The molecule has 1 rings (SSSR count). The van der Waals surface area contributed by atoms with Crippen molar-refractivity contribution < 1.29 is 0 Å². The second kappa shape index (κ2) is 3.27. The van der Waals surface area contributed by atoms with Gasteiger partial charge in [-0.15, -0.1) is 9.24 Å². The second-order valence-corrected chi connectivity index (χ2v) is 5.93. The lowest BCUT2D eigenvalue weighted by atomic mass is 9.64. The van der Waals surface area contributed by atoms with Gasteiger partial charge in [0.1, 0.15) is 0 Å². The highest BCUT2D eigenvalue weighted by molar-refractivity contribution is 7.16. The van der Waals surface area contributed by atoms with Gasteiger partial charge >= 0.3 is 0 Å². The maximum atomic E-state index is 6.05. The van der Waals surface area contributed by atoms with E-state index in [9.17, 15) is 0 Å². The molecule has 0 saturated heterocycles. The van der Waals surface area contributed by atoms with Crippen LogP contribution in [0.15, 0.2) is 0 Å². The molecule has 1 aliphatic rings. The van der Waals surface area contributed by atoms with E-state index >= 15 is 0 Å². The van der Waals surface area contributed by atoms with E-state index in [0.29, 0.717) is 16.9 Å². The zero-order valence-corrected chi connectivity index (χ0v) is 9.72. The van der Waals surface area contributed by atoms with Gasteiger partial charge in [-0.1, -0.05) is 20.8 Å². The van der Waals surface area contributed by atoms with Crippen LogP contribution in [0, 0.1) is 10.8 Å². The Labute approximate surface area is 78.7 Å². The number of nitrogens with two attached hydrogens (primary N) is 1. The number of hydrogen-bond donors (Lipinski definition) is 1. The van der Waals surface area contributed by atoms with E-state index in [2.05, 4.69) is 30.0 Å². The van der Waals surface area contributed by atoms with Crippen LogP contribution >= 0.6 is 9.24 Å². The highest BCUT2D eigenvalue weighted by Gasteiger charge is 2.38. The quantitative estimate of drug-likeness (QED) is 0.627. The van der Waals surface area contributed by atoms with Gasteiger partial charge in [-0.25, -0.2) is 0 Å². The minimum atomic E-state index is 0.416. The van der Waals surface area contributed by atoms with Gasteiger partial charge < -0.3 is 5.73 Å². The molecule has 2 heteroatoms. The average molecular weight is 187 g/mol. The first-order valence-corrected chi connectivity index (χ1v) is 5.64. The van der Waals surface area contributed by atoms with Gasteiger partial charge in [0.05, 0.1) is 0 Å². The number of hydrogen-bond acceptors (Lipinski definition) is 1. The zero-order chi connectivity index (χ0) is 9.41. The van der Waals surface area contributed by atoms with E-state index < -0.39 is 0 Å². The minimum Gasteiger partial charge on any atom is -0.328 e. The van der Waals surface area contributed by atoms with Crippen molar-refractivity contribution in [3.8, 4) is 0 Å². The molecular formula is C10H22NP. The Morgan fingerprint density at radius 1 is 1.33 bits per heavy atom. The van der Waals surface area contributed by atoms with Gasteiger partial charge in [0, 0.05) is 6.04 Å². The lowest BCUT2D eigenvalue weighted by molar-refractivity contribution is 0.102. The molecule has 12 heavy (non-hydrogen) atoms. The predicted octanol–water partition coefficient (Wildman–Crippen LogP) is 2.41. The van der Waals surface area contributed by atoms with E-state index in [1.807, 2.05) is 0 Å². The lowest BCUT2D eigenvalue weighted by Gasteiger charge is -2.45. The molecule has 1 aliphatic carbocycles. The monoisotopic (exact) mass is 187 g/mol. The molecular weight excluding hydrogens is 165 g/mol. The van der Waals surface area contributed by atoms with Crippen LogP contribution in [0.5, 0.6) is 0 Å². The van der Waals surface area contributed by atoms with Gasteiger partial charge in [0.25, 0.3) is 0 Å². The summed E-state index contributed by atoms with van der Waals surface area (Å²) in [5.41, 5.74) is 6.96. The Morgan fingerprint density at radius 2 is 1.92 bits per heavy atom. The first-order chi connectivity index (χ1) is 5.37. The third-order valence-corrected chi connectivity index (χ3v) is 3.95. The van der Waals surface area contributed by atoms with Crippen LogP contribution in [0.1, 0.15) is 40.0 Å². The van der Waals surface area contributed by atoms with Crippen molar-refractivity contribution in [2.75, 3.05) is 6.16 Å². The van der Waals surface area contributed by atoms with Crippen LogP contribution in [0.2, 0.25) is 0 Å². The summed E-state index contributed by atoms with van der Waals surface area (Å²) in [5.74, 6) is 0. The highest BCUT2D eigenvalue weighted by Crippen LogP contribution is 2.46. The molecule has 3 atom stereocenters. The van der Waals surface area contributed by atoms with Gasteiger partial charge in [0.2, 0.25) is 0 Å². The van der Waals surface area contributed by atoms with Crippen molar-refractivity contribution in [1.29, 1.82) is 0 Å². The number of rotatable bonds is 1. The van der Waals surface area contributed by atoms with Crippen molar-refractivity contribution in [2.45, 2.75) is 46.1 Å². The largest absolute Gasteiger partial charge is 0.328 e. The molecule has 1 nitrogen and oxygen atoms in total. The SMILES string of the molecule is CC1(C)CC(N)CC(C)(CP)C1. The van der Waals surface area contributed by atoms with E-state index in [0.717, 1.165) is 0 Å². The molecule has 1 fully saturated rings. The van der Waals surface area contributed by atoms with Crippen molar-refractivity contribution in [3.05, 3.63) is 0 Å². The van der Waals surface area contributed by atoms with Crippen molar-refractivity contribution in [2.24, 2.45) is 16.6 Å². The van der Waals surface area contributed by atoms with Crippen LogP contribution in [0.3, 0.4) is 0 Å². The fourth-order valence-corrected chi connectivity index (χ4v) is 3.18. The van der Waals surface area contributed by atoms with Crippen LogP contribution in [0.25, 0.3) is 0 Å². The molecule has 0 aromatic heterocycles. The summed E-state index contributed by atoms with van der Waals surface area (Å²) < 4.78 is 0. The molecule has 0 aromatic rings. The molecule has 0 amide bonds. The summed E-state index contributed by atoms with van der Waals surface area (Å²) in [6, 6.07) is 0.416. The van der Waals surface area contributed by atoms with Gasteiger partial charge in [-0.05, 0) is 36.3 Å². The molecule has 3 unspecified atom stereocenters. The van der Waals surface area contributed by atoms with E-state index in [4.69, 9.17) is 5.73 Å². The molecule has 0 spiro atoms. The summed E-state index contributed by atoms with van der Waals surface area (Å²) in [5, 5.41) is 0. The Kier molecular flexibility index (Phi) is 2.85. The Morgan fingerprint density at radius 3 is 2.33 bits per heavy atom. The molecule has 0 heterocycles. The second-order valence-electron chi connectivity index (χ2n) is 5.52. The molecule has 0 bridgehead atoms. The third-order valence-electron chi connectivity index (χ3n) is 2.97. The molecule has 0 radical (unpaired) electrons. The highest BCUT2D eigenvalue weighted by atomic mass is 31.0. The summed E-state index contributed by atoms with van der Waals surface area (Å²) in [4.78, 5) is 0. The summed E-state index contributed by atoms with van der Waals surface area (Å²) in [6.07, 6.45) is 4.88. The molecule has 2 N–H and O–H groups in total. The summed E-state index contributed by atoms with van der Waals surface area (Å²) >= 11 is 0. The maximum absolute atomic E-state index is 6.05. The lowest BCUT2D eigenvalue weighted by Crippen LogP contribution is -2.43. The topological polar surface area (TPSA) is 26.0 Å². The minimum absolute atomic E-state index is 0.416. The summed E-state index contributed by atoms with van der Waals surface area (Å²) in [6.45, 7) is 7.04. The molecule has 72 valence electrons. The normalized spacial score (nSPS) is 41.2. The van der Waals surface area contributed by atoms with Crippen LogP contribution in [0.4, 0.5) is 0 Å². The maximum Gasteiger partial charge on any atom is 0.00492 e. The fourth-order valence-electron chi connectivity index (χ4n) is 2.87. The van der Waals surface area contributed by atoms with Crippen molar-refractivity contribution in [1.82, 2.24) is 0 Å². The fraction of sp³-hybridized carbons (Fsp3) is 1.00. The van der Waals surface area contributed by atoms with Crippen molar-refractivity contribution in [3.63, 3.8) is 0 Å². The molecule has 0 aromatic carbocycles. The van der Waals surface area contributed by atoms with Gasteiger partial charge in [0.15, 0.2) is 0 Å². The van der Waals surface area contributed by atoms with E-state index in [-0.39, 0.29) is 0 Å². The zero-order valence-electron chi connectivity index (χ0n) is 8.56. The van der Waals surface area contributed by atoms with E-state index in [1.54, 1.807) is 0 Å². The van der Waals surface area contributed by atoms with Crippen LogP contribution in [-0.2, 0) is 0 Å². The third kappa shape index (κ3) is 2.44. The first-order valence-electron chi connectivity index (χ1n) is 4.83. The van der Waals surface area contributed by atoms with Crippen LogP contribution in [-0.4, -0.2) is 12.2 Å². The first kappa shape index (κ1) is 10.5. The van der Waals surface area contributed by atoms with Gasteiger partial charge in [-0.2, -0.15) is 0 Å². The Balaban J connectivity index is 2.70. The average Bonchev–Trinajstić information content (AvgIpc) is 1.82. The molecule has 0 aliphatic heterocycles. The molecule has 1 saturated carbocycles. The van der Waals surface area contributed by atoms with Gasteiger partial charge in [-0.3, -0.25) is 0 Å². The Bertz CT molecular complexity index is 167. The standard InChI is InChI=1S/C10H22NP/c1-9(2)4-8(11)5-10(3,6-9)7-12/h8H,4-7,11-12H2,1-3H3. The van der Waals surface area contributed by atoms with Crippen molar-refractivity contribution >= 4 is 9.24 Å².